The molecule has 4 rings (SSSR count). The molecule has 198 valence electrons. The Hall–Kier alpha value is -2.39. The number of carbonyl (C=O) groups is 3. The number of aryl methyl sites for hydroxylation is 1. The van der Waals surface area contributed by atoms with E-state index in [0.29, 0.717) is 22.5 Å². The monoisotopic (exact) mass is 633 g/mol. The van der Waals surface area contributed by atoms with Crippen molar-refractivity contribution in [2.75, 3.05) is 10.6 Å². The standard InChI is InChI=1S/C25H17Cl6N3O4/c1-10-6-13(38-24(32)37)3-5-18(10)34-22(35)14-9-12(2-4-15(14)26)33-23(36)20-19(25(20,30)31)11-7-16(27)21(29)17(28)8-11/h2-9,19-20H,1H3,(H2,32,37)(H,33,36)(H,34,35)/t19-,20+/m0/s1. The lowest BCUT2D eigenvalue weighted by atomic mass is 10.1. The lowest BCUT2D eigenvalue weighted by Gasteiger charge is -2.12. The molecule has 0 aromatic heterocycles. The zero-order valence-electron chi connectivity index (χ0n) is 19.3. The lowest BCUT2D eigenvalue weighted by Crippen LogP contribution is -2.18. The van der Waals surface area contributed by atoms with Crippen molar-refractivity contribution in [3.63, 3.8) is 0 Å². The molecule has 2 atom stereocenters. The first-order chi connectivity index (χ1) is 17.8. The van der Waals surface area contributed by atoms with Crippen LogP contribution >= 0.6 is 69.6 Å². The van der Waals surface area contributed by atoms with Gasteiger partial charge in [-0.15, -0.1) is 23.2 Å². The number of ether oxygens (including phenoxy) is 1. The molecule has 0 spiro atoms. The Morgan fingerprint density at radius 3 is 2.16 bits per heavy atom. The van der Waals surface area contributed by atoms with Crippen molar-refractivity contribution in [2.45, 2.75) is 17.2 Å². The largest absolute Gasteiger partial charge is 0.410 e. The fourth-order valence-electron chi connectivity index (χ4n) is 3.97. The molecule has 3 amide bonds. The fourth-order valence-corrected chi connectivity index (χ4v) is 5.61. The number of amides is 3. The van der Waals surface area contributed by atoms with E-state index in [1.807, 2.05) is 0 Å². The second-order valence-electron chi connectivity index (χ2n) is 8.46. The molecule has 0 aliphatic heterocycles. The van der Waals surface area contributed by atoms with Crippen LogP contribution in [0, 0.1) is 12.8 Å². The molecule has 38 heavy (non-hydrogen) atoms. The van der Waals surface area contributed by atoms with Gasteiger partial charge in [0.15, 0.2) is 0 Å². The van der Waals surface area contributed by atoms with Gasteiger partial charge in [-0.1, -0.05) is 46.4 Å². The normalized spacial score (nSPS) is 17.4. The lowest BCUT2D eigenvalue weighted by molar-refractivity contribution is -0.117. The highest BCUT2D eigenvalue weighted by Gasteiger charge is 2.67. The molecule has 1 fully saturated rings. The summed E-state index contributed by atoms with van der Waals surface area (Å²) in [7, 11) is 0. The van der Waals surface area contributed by atoms with Crippen molar-refractivity contribution in [3.8, 4) is 5.75 Å². The van der Waals surface area contributed by atoms with E-state index < -0.39 is 34.1 Å². The summed E-state index contributed by atoms with van der Waals surface area (Å²) in [6.45, 7) is 1.71. The average Bonchev–Trinajstić information content (AvgIpc) is 3.41. The van der Waals surface area contributed by atoms with Gasteiger partial charge in [0.1, 0.15) is 10.1 Å². The molecule has 1 aliphatic carbocycles. The highest BCUT2D eigenvalue weighted by Crippen LogP contribution is 2.65. The van der Waals surface area contributed by atoms with Crippen molar-refractivity contribution >= 4 is 98.9 Å². The first-order valence-corrected chi connectivity index (χ1v) is 13.1. The quantitative estimate of drug-likeness (QED) is 0.189. The minimum Gasteiger partial charge on any atom is -0.410 e. The van der Waals surface area contributed by atoms with Gasteiger partial charge in [0.05, 0.1) is 31.6 Å². The van der Waals surface area contributed by atoms with Crippen LogP contribution in [0.1, 0.15) is 27.4 Å². The number of primary amides is 1. The maximum atomic E-state index is 13.1. The van der Waals surface area contributed by atoms with Crippen LogP contribution in [-0.2, 0) is 4.79 Å². The van der Waals surface area contributed by atoms with Crippen LogP contribution in [0.2, 0.25) is 20.1 Å². The van der Waals surface area contributed by atoms with E-state index in [2.05, 4.69) is 10.6 Å². The summed E-state index contributed by atoms with van der Waals surface area (Å²) in [6.07, 6.45) is -0.953. The predicted molar refractivity (Wildman–Crippen MR) is 152 cm³/mol. The highest BCUT2D eigenvalue weighted by molar-refractivity contribution is 6.54. The van der Waals surface area contributed by atoms with Gasteiger partial charge in [0.2, 0.25) is 5.91 Å². The summed E-state index contributed by atoms with van der Waals surface area (Å²) in [4.78, 5) is 37.0. The van der Waals surface area contributed by atoms with E-state index in [1.54, 1.807) is 25.1 Å². The molecule has 3 aromatic carbocycles. The van der Waals surface area contributed by atoms with E-state index >= 15 is 0 Å². The molecule has 4 N–H and O–H groups in total. The molecular formula is C25H17Cl6N3O4. The molecule has 13 heteroatoms. The van der Waals surface area contributed by atoms with Gasteiger partial charge in [0.25, 0.3) is 5.91 Å². The minimum atomic E-state index is -1.40. The Morgan fingerprint density at radius 2 is 1.55 bits per heavy atom. The summed E-state index contributed by atoms with van der Waals surface area (Å²) in [6, 6.07) is 12.1. The maximum Gasteiger partial charge on any atom is 0.409 e. The summed E-state index contributed by atoms with van der Waals surface area (Å²) >= 11 is 37.4. The number of benzene rings is 3. The van der Waals surface area contributed by atoms with Gasteiger partial charge in [0, 0.05) is 17.3 Å². The van der Waals surface area contributed by atoms with E-state index in [1.165, 1.54) is 30.3 Å². The van der Waals surface area contributed by atoms with Gasteiger partial charge in [-0.05, 0) is 66.6 Å². The zero-order chi connectivity index (χ0) is 27.9. The van der Waals surface area contributed by atoms with Gasteiger partial charge in [-0.25, -0.2) is 4.79 Å². The molecule has 0 saturated heterocycles. The molecule has 0 heterocycles. The second-order valence-corrected chi connectivity index (χ2v) is 11.5. The molecule has 3 aromatic rings. The van der Waals surface area contributed by atoms with Crippen LogP contribution < -0.4 is 21.1 Å². The number of rotatable bonds is 6. The van der Waals surface area contributed by atoms with E-state index in [0.717, 1.165) is 0 Å². The number of hydrogen-bond donors (Lipinski definition) is 3. The Balaban J connectivity index is 1.50. The summed E-state index contributed by atoms with van der Waals surface area (Å²) < 4.78 is 3.43. The number of hydrogen-bond acceptors (Lipinski definition) is 4. The smallest absolute Gasteiger partial charge is 0.409 e. The Kier molecular flexibility index (Phi) is 8.28. The van der Waals surface area contributed by atoms with Crippen molar-refractivity contribution in [2.24, 2.45) is 11.7 Å². The summed E-state index contributed by atoms with van der Waals surface area (Å²) in [5.74, 6) is -2.19. The minimum absolute atomic E-state index is 0.105. The molecule has 7 nitrogen and oxygen atoms in total. The summed E-state index contributed by atoms with van der Waals surface area (Å²) in [5.41, 5.74) is 7.05. The van der Waals surface area contributed by atoms with Crippen LogP contribution in [0.5, 0.6) is 5.75 Å². The highest BCUT2D eigenvalue weighted by atomic mass is 35.5. The number of carbonyl (C=O) groups excluding carboxylic acids is 3. The predicted octanol–water partition coefficient (Wildman–Crippen LogP) is 7.84. The van der Waals surface area contributed by atoms with Gasteiger partial charge in [-0.2, -0.15) is 0 Å². The number of alkyl halides is 2. The number of halogens is 6. The van der Waals surface area contributed by atoms with E-state index in [-0.39, 0.29) is 31.4 Å². The van der Waals surface area contributed by atoms with Gasteiger partial charge < -0.3 is 21.1 Å². The van der Waals surface area contributed by atoms with Crippen molar-refractivity contribution in [1.29, 1.82) is 0 Å². The van der Waals surface area contributed by atoms with E-state index in [9.17, 15) is 14.4 Å². The van der Waals surface area contributed by atoms with Crippen molar-refractivity contribution in [3.05, 3.63) is 85.3 Å². The first-order valence-electron chi connectivity index (χ1n) is 10.8. The third-order valence-corrected chi connectivity index (χ3v) is 8.31. The third kappa shape index (κ3) is 5.93. The van der Waals surface area contributed by atoms with Crippen molar-refractivity contribution in [1.82, 2.24) is 0 Å². The van der Waals surface area contributed by atoms with Gasteiger partial charge in [-0.3, -0.25) is 9.59 Å². The average molecular weight is 636 g/mol. The molecule has 1 saturated carbocycles. The third-order valence-electron chi connectivity index (χ3n) is 5.84. The van der Waals surface area contributed by atoms with Crippen LogP contribution in [0.3, 0.4) is 0 Å². The topological polar surface area (TPSA) is 111 Å². The number of nitrogens with two attached hydrogens (primary N) is 1. The van der Waals surface area contributed by atoms with E-state index in [4.69, 9.17) is 80.1 Å². The zero-order valence-corrected chi connectivity index (χ0v) is 23.8. The first kappa shape index (κ1) is 28.6. The SMILES string of the molecule is Cc1cc(OC(N)=O)ccc1NC(=O)c1cc(NC(=O)[C@H]2[C@H](c3cc(Cl)c(Cl)c(Cl)c3)C2(Cl)Cl)ccc1Cl. The van der Waals surface area contributed by atoms with Crippen LogP contribution in [0.25, 0.3) is 0 Å². The van der Waals surface area contributed by atoms with Crippen LogP contribution in [0.15, 0.2) is 48.5 Å². The van der Waals surface area contributed by atoms with Crippen molar-refractivity contribution < 1.29 is 19.1 Å². The number of nitrogens with one attached hydrogen (secondary N) is 2. The Morgan fingerprint density at radius 1 is 0.895 bits per heavy atom. The molecule has 0 radical (unpaired) electrons. The van der Waals surface area contributed by atoms with Crippen LogP contribution in [0.4, 0.5) is 16.2 Å². The summed E-state index contributed by atoms with van der Waals surface area (Å²) in [5, 5.41) is 6.22. The number of anilines is 2. The van der Waals surface area contributed by atoms with Gasteiger partial charge >= 0.3 is 6.09 Å². The Bertz CT molecular complexity index is 1460. The second kappa shape index (κ2) is 11.0. The van der Waals surface area contributed by atoms with Crippen LogP contribution in [-0.4, -0.2) is 22.2 Å². The molecular weight excluding hydrogens is 619 g/mol. The Labute approximate surface area is 247 Å². The fraction of sp³-hybridized carbons (Fsp3) is 0.160. The maximum absolute atomic E-state index is 13.1. The molecule has 0 bridgehead atoms. The molecule has 1 aliphatic rings. The molecule has 0 unspecified atom stereocenters.